The summed E-state index contributed by atoms with van der Waals surface area (Å²) in [4.78, 5) is 12.4. The standard InChI is InChI=1S/C21H26O2/c1-15(19(22)23-21(5,6)20(2,3)4)13-16-11-12-17-9-7-8-10-18(17)14-16/h7-14H,1-6H3/b15-13+. The molecule has 0 N–H and O–H groups in total. The second-order valence-corrected chi connectivity index (χ2v) is 7.58. The molecular weight excluding hydrogens is 284 g/mol. The minimum Gasteiger partial charge on any atom is -0.456 e. The minimum atomic E-state index is -0.525. The second-order valence-electron chi connectivity index (χ2n) is 7.58. The van der Waals surface area contributed by atoms with Crippen LogP contribution in [0.2, 0.25) is 0 Å². The molecule has 0 atom stereocenters. The van der Waals surface area contributed by atoms with Crippen LogP contribution in [0.1, 0.15) is 47.1 Å². The average Bonchev–Trinajstić information content (AvgIpc) is 2.45. The molecule has 2 rings (SSSR count). The van der Waals surface area contributed by atoms with Crippen LogP contribution >= 0.6 is 0 Å². The van der Waals surface area contributed by atoms with Gasteiger partial charge in [-0.3, -0.25) is 0 Å². The normalized spacial score (nSPS) is 13.2. The van der Waals surface area contributed by atoms with Crippen molar-refractivity contribution in [2.24, 2.45) is 5.41 Å². The molecule has 0 spiro atoms. The third-order valence-electron chi connectivity index (χ3n) is 4.63. The van der Waals surface area contributed by atoms with Gasteiger partial charge in [0.05, 0.1) is 0 Å². The highest BCUT2D eigenvalue weighted by molar-refractivity contribution is 5.94. The van der Waals surface area contributed by atoms with Crippen molar-refractivity contribution >= 4 is 22.8 Å². The Morgan fingerprint density at radius 2 is 1.57 bits per heavy atom. The molecule has 0 fully saturated rings. The van der Waals surface area contributed by atoms with Crippen molar-refractivity contribution < 1.29 is 9.53 Å². The number of ether oxygens (including phenoxy) is 1. The first kappa shape index (κ1) is 17.3. The van der Waals surface area contributed by atoms with E-state index in [0.717, 1.165) is 10.9 Å². The first-order valence-electron chi connectivity index (χ1n) is 8.01. The fraction of sp³-hybridized carbons (Fsp3) is 0.381. The average molecular weight is 310 g/mol. The zero-order valence-electron chi connectivity index (χ0n) is 14.9. The highest BCUT2D eigenvalue weighted by Gasteiger charge is 2.36. The molecular formula is C21H26O2. The molecule has 2 nitrogen and oxygen atoms in total. The Bertz CT molecular complexity index is 746. The van der Waals surface area contributed by atoms with Gasteiger partial charge < -0.3 is 4.74 Å². The van der Waals surface area contributed by atoms with Crippen molar-refractivity contribution in [1.82, 2.24) is 0 Å². The monoisotopic (exact) mass is 310 g/mol. The van der Waals surface area contributed by atoms with E-state index in [1.165, 1.54) is 5.39 Å². The SMILES string of the molecule is C/C(=C\c1ccc2ccccc2c1)C(=O)OC(C)(C)C(C)(C)C. The summed E-state index contributed by atoms with van der Waals surface area (Å²) in [5, 5.41) is 2.36. The summed E-state index contributed by atoms with van der Waals surface area (Å²) in [6, 6.07) is 14.4. The van der Waals surface area contributed by atoms with Gasteiger partial charge in [0, 0.05) is 11.0 Å². The Labute approximate surface area is 139 Å². The summed E-state index contributed by atoms with van der Waals surface area (Å²) in [6.45, 7) is 11.9. The maximum atomic E-state index is 12.4. The summed E-state index contributed by atoms with van der Waals surface area (Å²) in [5.74, 6) is -0.266. The number of hydrogen-bond donors (Lipinski definition) is 0. The van der Waals surface area contributed by atoms with Gasteiger partial charge in [0.1, 0.15) is 5.60 Å². The lowest BCUT2D eigenvalue weighted by atomic mass is 9.79. The first-order chi connectivity index (χ1) is 10.6. The Morgan fingerprint density at radius 3 is 2.17 bits per heavy atom. The first-order valence-corrected chi connectivity index (χ1v) is 8.01. The van der Waals surface area contributed by atoms with Crippen LogP contribution in [0, 0.1) is 5.41 Å². The van der Waals surface area contributed by atoms with Gasteiger partial charge in [-0.15, -0.1) is 0 Å². The number of fused-ring (bicyclic) bond motifs is 1. The van der Waals surface area contributed by atoms with E-state index in [2.05, 4.69) is 45.0 Å². The third-order valence-corrected chi connectivity index (χ3v) is 4.63. The van der Waals surface area contributed by atoms with Crippen molar-refractivity contribution in [3.05, 3.63) is 53.6 Å². The molecule has 0 radical (unpaired) electrons. The van der Waals surface area contributed by atoms with Gasteiger partial charge >= 0.3 is 5.97 Å². The Hall–Kier alpha value is -2.09. The van der Waals surface area contributed by atoms with Gasteiger partial charge in [-0.1, -0.05) is 57.2 Å². The van der Waals surface area contributed by atoms with Crippen LogP contribution in [-0.2, 0) is 9.53 Å². The lowest BCUT2D eigenvalue weighted by molar-refractivity contribution is -0.162. The number of carbonyl (C=O) groups is 1. The Balaban J connectivity index is 2.22. The molecule has 0 aliphatic heterocycles. The Kier molecular flexibility index (Phi) is 4.65. The van der Waals surface area contributed by atoms with E-state index in [1.54, 1.807) is 6.92 Å². The van der Waals surface area contributed by atoms with E-state index in [0.29, 0.717) is 5.57 Å². The van der Waals surface area contributed by atoms with E-state index in [-0.39, 0.29) is 11.4 Å². The summed E-state index contributed by atoms with van der Waals surface area (Å²) in [5.41, 5.74) is 0.971. The zero-order valence-corrected chi connectivity index (χ0v) is 14.9. The molecule has 0 bridgehead atoms. The van der Waals surface area contributed by atoms with E-state index in [9.17, 15) is 4.79 Å². The highest BCUT2D eigenvalue weighted by Crippen LogP contribution is 2.33. The largest absolute Gasteiger partial charge is 0.456 e. The quantitative estimate of drug-likeness (QED) is 0.544. The molecule has 0 aliphatic rings. The number of esters is 1. The third kappa shape index (κ3) is 4.01. The molecule has 0 heterocycles. The van der Waals surface area contributed by atoms with Gasteiger partial charge in [0.2, 0.25) is 0 Å². The van der Waals surface area contributed by atoms with Crippen molar-refractivity contribution in [2.75, 3.05) is 0 Å². The topological polar surface area (TPSA) is 26.3 Å². The number of carbonyl (C=O) groups excluding carboxylic acids is 1. The highest BCUT2D eigenvalue weighted by atomic mass is 16.6. The molecule has 23 heavy (non-hydrogen) atoms. The molecule has 0 unspecified atom stereocenters. The predicted molar refractivity (Wildman–Crippen MR) is 97.2 cm³/mol. The number of hydrogen-bond acceptors (Lipinski definition) is 2. The van der Waals surface area contributed by atoms with E-state index >= 15 is 0 Å². The maximum Gasteiger partial charge on any atom is 0.334 e. The second kappa shape index (κ2) is 6.19. The summed E-state index contributed by atoms with van der Waals surface area (Å²) < 4.78 is 5.72. The number of rotatable bonds is 3. The molecule has 0 saturated heterocycles. The van der Waals surface area contributed by atoms with Crippen LogP contribution in [0.3, 0.4) is 0 Å². The molecule has 122 valence electrons. The van der Waals surface area contributed by atoms with Crippen LogP contribution in [0.15, 0.2) is 48.0 Å². The minimum absolute atomic E-state index is 0.119. The van der Waals surface area contributed by atoms with Gasteiger partial charge in [0.15, 0.2) is 0 Å². The Morgan fingerprint density at radius 1 is 0.957 bits per heavy atom. The summed E-state index contributed by atoms with van der Waals surface area (Å²) in [7, 11) is 0. The van der Waals surface area contributed by atoms with Gasteiger partial charge in [-0.25, -0.2) is 4.79 Å². The van der Waals surface area contributed by atoms with Gasteiger partial charge in [0.25, 0.3) is 0 Å². The van der Waals surface area contributed by atoms with Gasteiger partial charge in [-0.2, -0.15) is 0 Å². The fourth-order valence-electron chi connectivity index (χ4n) is 2.07. The molecule has 2 aromatic rings. The van der Waals surface area contributed by atoms with Crippen LogP contribution in [0.25, 0.3) is 16.8 Å². The molecule has 2 aromatic carbocycles. The molecule has 0 saturated carbocycles. The van der Waals surface area contributed by atoms with E-state index in [4.69, 9.17) is 4.74 Å². The summed E-state index contributed by atoms with van der Waals surface area (Å²) >= 11 is 0. The fourth-order valence-corrected chi connectivity index (χ4v) is 2.07. The molecule has 0 amide bonds. The zero-order chi connectivity index (χ0) is 17.3. The predicted octanol–water partition coefficient (Wildman–Crippen LogP) is 5.61. The lowest BCUT2D eigenvalue weighted by Crippen LogP contribution is -2.41. The van der Waals surface area contributed by atoms with Crippen molar-refractivity contribution in [3.63, 3.8) is 0 Å². The lowest BCUT2D eigenvalue weighted by Gasteiger charge is -2.38. The van der Waals surface area contributed by atoms with Crippen molar-refractivity contribution in [2.45, 2.75) is 47.1 Å². The van der Waals surface area contributed by atoms with E-state index < -0.39 is 5.60 Å². The maximum absolute atomic E-state index is 12.4. The van der Waals surface area contributed by atoms with Crippen molar-refractivity contribution in [3.8, 4) is 0 Å². The summed E-state index contributed by atoms with van der Waals surface area (Å²) in [6.07, 6.45) is 1.88. The van der Waals surface area contributed by atoms with Crippen molar-refractivity contribution in [1.29, 1.82) is 0 Å². The van der Waals surface area contributed by atoms with Crippen LogP contribution in [0.4, 0.5) is 0 Å². The number of benzene rings is 2. The molecule has 0 aromatic heterocycles. The molecule has 0 aliphatic carbocycles. The van der Waals surface area contributed by atoms with Gasteiger partial charge in [-0.05, 0) is 49.2 Å². The van der Waals surface area contributed by atoms with Crippen LogP contribution in [-0.4, -0.2) is 11.6 Å². The van der Waals surface area contributed by atoms with Crippen LogP contribution < -0.4 is 0 Å². The molecule has 2 heteroatoms. The smallest absolute Gasteiger partial charge is 0.334 e. The van der Waals surface area contributed by atoms with Crippen LogP contribution in [0.5, 0.6) is 0 Å². The van der Waals surface area contributed by atoms with E-state index in [1.807, 2.05) is 38.1 Å².